The van der Waals surface area contributed by atoms with Crippen molar-refractivity contribution in [2.75, 3.05) is 25.2 Å². The summed E-state index contributed by atoms with van der Waals surface area (Å²) < 4.78 is 50.2. The third kappa shape index (κ3) is 10.8. The Labute approximate surface area is 164 Å². The molecule has 0 spiro atoms. The van der Waals surface area contributed by atoms with Gasteiger partial charge in [0.1, 0.15) is 11.3 Å². The lowest BCUT2D eigenvalue weighted by molar-refractivity contribution is -0.192. The predicted octanol–water partition coefficient (Wildman–Crippen LogP) is 2.45. The second kappa shape index (κ2) is 13.0. The molecule has 1 rings (SSSR count). The van der Waals surface area contributed by atoms with Crippen molar-refractivity contribution in [2.24, 2.45) is 0 Å². The van der Waals surface area contributed by atoms with Gasteiger partial charge in [-0.3, -0.25) is 9.59 Å². The van der Waals surface area contributed by atoms with E-state index in [1.54, 1.807) is 0 Å². The molecule has 0 aliphatic heterocycles. The molecule has 14 heteroatoms. The van der Waals surface area contributed by atoms with Gasteiger partial charge in [0.15, 0.2) is 0 Å². The second-order valence-electron chi connectivity index (χ2n) is 4.53. The average molecular weight is 448 g/mol. The number of aromatic nitrogens is 1. The van der Waals surface area contributed by atoms with Gasteiger partial charge in [-0.2, -0.15) is 17.6 Å². The topological polar surface area (TPSA) is 126 Å². The van der Waals surface area contributed by atoms with Gasteiger partial charge in [-0.25, -0.2) is 9.78 Å². The summed E-state index contributed by atoms with van der Waals surface area (Å²) in [6, 6.07) is 1.41. The van der Waals surface area contributed by atoms with Gasteiger partial charge in [-0.15, -0.1) is 0 Å². The maximum atomic E-state index is 13.5. The maximum absolute atomic E-state index is 13.5. The molecule has 0 fully saturated rings. The number of hydrogen-bond acceptors (Lipinski definition) is 7. The number of carbonyl (C=O) groups is 3. The van der Waals surface area contributed by atoms with Crippen LogP contribution in [-0.2, 0) is 9.59 Å². The number of aliphatic carboxylic acids is 2. The Bertz CT molecular complexity index is 676. The number of halogens is 4. The molecule has 0 aromatic carbocycles. The van der Waals surface area contributed by atoms with Crippen LogP contribution < -0.4 is 10.1 Å². The molecule has 0 aliphatic carbocycles. The van der Waals surface area contributed by atoms with Gasteiger partial charge in [-0.1, -0.05) is 21.6 Å². The van der Waals surface area contributed by atoms with Gasteiger partial charge >= 0.3 is 18.1 Å². The van der Waals surface area contributed by atoms with Crippen molar-refractivity contribution in [1.29, 1.82) is 0 Å². The van der Waals surface area contributed by atoms with Crippen molar-refractivity contribution < 1.29 is 46.9 Å². The maximum Gasteiger partial charge on any atom is 0.490 e. The summed E-state index contributed by atoms with van der Waals surface area (Å²) >= 11 is 0. The first-order valence-electron chi connectivity index (χ1n) is 7.23. The van der Waals surface area contributed by atoms with Crippen LogP contribution in [0.5, 0.6) is 5.75 Å². The number of rotatable bonds is 9. The van der Waals surface area contributed by atoms with Crippen LogP contribution in [0.4, 0.5) is 17.6 Å². The first kappa shape index (κ1) is 25.8. The molecule has 0 bridgehead atoms. The van der Waals surface area contributed by atoms with Gasteiger partial charge in [0.05, 0.1) is 13.5 Å². The number of methoxy groups -OCH3 is 1. The van der Waals surface area contributed by atoms with E-state index in [0.29, 0.717) is 18.1 Å². The van der Waals surface area contributed by atoms with E-state index < -0.39 is 30.0 Å². The molecule has 158 valence electrons. The first-order chi connectivity index (χ1) is 13.0. The van der Waals surface area contributed by atoms with Crippen LogP contribution >= 0.6 is 21.6 Å². The van der Waals surface area contributed by atoms with Gasteiger partial charge < -0.3 is 20.3 Å². The lowest BCUT2D eigenvalue weighted by Gasteiger charge is -2.09. The molecule has 1 heterocycles. The number of carboxylic acids is 2. The normalized spacial score (nSPS) is 10.5. The van der Waals surface area contributed by atoms with E-state index in [1.165, 1.54) is 41.0 Å². The molecule has 0 unspecified atom stereocenters. The Kier molecular flexibility index (Phi) is 12.0. The van der Waals surface area contributed by atoms with Crippen LogP contribution in [0.2, 0.25) is 0 Å². The lowest BCUT2D eigenvalue weighted by Crippen LogP contribution is -2.27. The Hall–Kier alpha value is -2.22. The van der Waals surface area contributed by atoms with Crippen molar-refractivity contribution in [1.82, 2.24) is 10.3 Å². The Morgan fingerprint density at radius 2 is 1.79 bits per heavy atom. The molecular formula is C14H16F4N2O6S2. The van der Waals surface area contributed by atoms with E-state index in [9.17, 15) is 27.2 Å². The zero-order chi connectivity index (χ0) is 21.7. The standard InChI is InChI=1S/C12H15FN2O4S2.C2HF3O2/c1-19-8-2-4-14-11(13)10(8)12(18)15-5-7-21-20-6-3-9(16)17;3-2(4,5)1(6)7/h2,4H,3,5-7H2,1H3,(H,15,18)(H,16,17);(H,6,7). The fourth-order valence-corrected chi connectivity index (χ4v) is 3.22. The van der Waals surface area contributed by atoms with Crippen molar-refractivity contribution in [3.05, 3.63) is 23.8 Å². The van der Waals surface area contributed by atoms with Crippen molar-refractivity contribution in [3.8, 4) is 5.75 Å². The SMILES string of the molecule is COc1ccnc(F)c1C(=O)NCCSSCCC(=O)O.O=C(O)C(F)(F)F. The number of hydrogen-bond donors (Lipinski definition) is 3. The molecule has 0 saturated carbocycles. The number of carboxylic acid groups (broad SMARTS) is 2. The highest BCUT2D eigenvalue weighted by atomic mass is 33.1. The quantitative estimate of drug-likeness (QED) is 0.226. The summed E-state index contributed by atoms with van der Waals surface area (Å²) in [5, 5.41) is 18.1. The first-order valence-corrected chi connectivity index (χ1v) is 9.72. The van der Waals surface area contributed by atoms with E-state index >= 15 is 0 Å². The van der Waals surface area contributed by atoms with Crippen molar-refractivity contribution in [3.63, 3.8) is 0 Å². The van der Waals surface area contributed by atoms with Gasteiger partial charge in [0.2, 0.25) is 5.95 Å². The van der Waals surface area contributed by atoms with Crippen molar-refractivity contribution in [2.45, 2.75) is 12.6 Å². The Morgan fingerprint density at radius 1 is 1.21 bits per heavy atom. The van der Waals surface area contributed by atoms with Crippen molar-refractivity contribution >= 4 is 39.4 Å². The summed E-state index contributed by atoms with van der Waals surface area (Å²) in [6.45, 7) is 0.334. The minimum atomic E-state index is -5.08. The minimum absolute atomic E-state index is 0.0993. The van der Waals surface area contributed by atoms with Gasteiger partial charge in [0.25, 0.3) is 5.91 Å². The monoisotopic (exact) mass is 448 g/mol. The number of pyridine rings is 1. The van der Waals surface area contributed by atoms with E-state index in [-0.39, 0.29) is 17.7 Å². The highest BCUT2D eigenvalue weighted by Gasteiger charge is 2.38. The molecule has 1 aromatic rings. The summed E-state index contributed by atoms with van der Waals surface area (Å²) in [4.78, 5) is 34.5. The van der Waals surface area contributed by atoms with Crippen LogP contribution in [-0.4, -0.2) is 64.4 Å². The van der Waals surface area contributed by atoms with Crippen LogP contribution in [0.25, 0.3) is 0 Å². The fourth-order valence-electron chi connectivity index (χ4n) is 1.34. The molecule has 0 radical (unpaired) electrons. The number of nitrogens with one attached hydrogen (secondary N) is 1. The van der Waals surface area contributed by atoms with Crippen LogP contribution in [0.1, 0.15) is 16.8 Å². The second-order valence-corrected chi connectivity index (χ2v) is 7.23. The number of alkyl halides is 3. The third-order valence-electron chi connectivity index (χ3n) is 2.51. The van der Waals surface area contributed by atoms with E-state index in [2.05, 4.69) is 10.3 Å². The number of carbonyl (C=O) groups excluding carboxylic acids is 1. The summed E-state index contributed by atoms with van der Waals surface area (Å²) in [5.74, 6) is -3.85. The Morgan fingerprint density at radius 3 is 2.29 bits per heavy atom. The van der Waals surface area contributed by atoms with E-state index in [1.807, 2.05) is 0 Å². The molecule has 3 N–H and O–H groups in total. The zero-order valence-corrected chi connectivity index (χ0v) is 15.9. The van der Waals surface area contributed by atoms with E-state index in [4.69, 9.17) is 19.7 Å². The Balaban J connectivity index is 0.000000887. The number of nitrogens with zero attached hydrogens (tertiary/aromatic N) is 1. The molecule has 28 heavy (non-hydrogen) atoms. The molecule has 0 atom stereocenters. The van der Waals surface area contributed by atoms with Gasteiger partial charge in [-0.05, 0) is 6.07 Å². The molecule has 1 amide bonds. The molecular weight excluding hydrogens is 432 g/mol. The molecule has 1 aromatic heterocycles. The summed E-state index contributed by atoms with van der Waals surface area (Å²) in [6.07, 6.45) is -3.76. The highest BCUT2D eigenvalue weighted by Crippen LogP contribution is 2.22. The number of amides is 1. The smallest absolute Gasteiger partial charge is 0.490 e. The zero-order valence-electron chi connectivity index (χ0n) is 14.3. The molecule has 0 aliphatic rings. The van der Waals surface area contributed by atoms with Crippen LogP contribution in [0, 0.1) is 5.95 Å². The lowest BCUT2D eigenvalue weighted by atomic mass is 10.2. The van der Waals surface area contributed by atoms with Gasteiger partial charge in [0, 0.05) is 24.2 Å². The minimum Gasteiger partial charge on any atom is -0.496 e. The highest BCUT2D eigenvalue weighted by molar-refractivity contribution is 8.76. The average Bonchev–Trinajstić information content (AvgIpc) is 2.59. The molecule has 0 saturated heterocycles. The van der Waals surface area contributed by atoms with Crippen LogP contribution in [0.3, 0.4) is 0 Å². The predicted molar refractivity (Wildman–Crippen MR) is 93.9 cm³/mol. The third-order valence-corrected chi connectivity index (χ3v) is 4.92. The molecule has 8 nitrogen and oxygen atoms in total. The summed E-state index contributed by atoms with van der Waals surface area (Å²) in [7, 11) is 4.21. The van der Waals surface area contributed by atoms with Crippen LogP contribution in [0.15, 0.2) is 12.3 Å². The number of ether oxygens (including phenoxy) is 1. The summed E-state index contributed by atoms with van der Waals surface area (Å²) in [5.41, 5.74) is -0.219. The largest absolute Gasteiger partial charge is 0.496 e. The fraction of sp³-hybridized carbons (Fsp3) is 0.429. The van der Waals surface area contributed by atoms with E-state index in [0.717, 1.165) is 0 Å².